The Balaban J connectivity index is 1.93. The highest BCUT2D eigenvalue weighted by molar-refractivity contribution is 5.68. The fourth-order valence-electron chi connectivity index (χ4n) is 2.46. The summed E-state index contributed by atoms with van der Waals surface area (Å²) in [6.45, 7) is 6.98. The average Bonchev–Trinajstić information content (AvgIpc) is 2.58. The van der Waals surface area contributed by atoms with E-state index in [2.05, 4.69) is 5.32 Å². The van der Waals surface area contributed by atoms with Gasteiger partial charge in [0.25, 0.3) is 0 Å². The molecule has 1 saturated heterocycles. The molecule has 1 aliphatic heterocycles. The standard InChI is InChI=1S/C18H28N2O5/c1-18(2,3)25-17(23)20-8-9-24-16(11-20)13-4-6-14(7-5-13)19-10-15(22)12-21/h4-7,15-16,19,21-22H,8-12H2,1-3H3. The molecule has 1 heterocycles. The summed E-state index contributed by atoms with van der Waals surface area (Å²) in [5, 5.41) is 21.2. The third kappa shape index (κ3) is 6.19. The summed E-state index contributed by atoms with van der Waals surface area (Å²) in [6.07, 6.45) is -1.31. The molecule has 1 fully saturated rings. The SMILES string of the molecule is CC(C)(C)OC(=O)N1CCOC(c2ccc(NCC(O)CO)cc2)C1. The molecule has 0 spiro atoms. The number of benzene rings is 1. The molecule has 0 aliphatic carbocycles. The number of amides is 1. The Morgan fingerprint density at radius 2 is 2.08 bits per heavy atom. The van der Waals surface area contributed by atoms with E-state index in [0.29, 0.717) is 19.7 Å². The number of hydrogen-bond donors (Lipinski definition) is 3. The number of rotatable bonds is 5. The minimum absolute atomic E-state index is 0.196. The Labute approximate surface area is 148 Å². The van der Waals surface area contributed by atoms with Gasteiger partial charge in [0.1, 0.15) is 11.7 Å². The maximum atomic E-state index is 12.2. The van der Waals surface area contributed by atoms with Crippen LogP contribution in [-0.2, 0) is 9.47 Å². The molecule has 1 aromatic carbocycles. The number of carbonyl (C=O) groups excluding carboxylic acids is 1. The van der Waals surface area contributed by atoms with Gasteiger partial charge < -0.3 is 29.9 Å². The molecule has 7 nitrogen and oxygen atoms in total. The quantitative estimate of drug-likeness (QED) is 0.748. The van der Waals surface area contributed by atoms with Crippen LogP contribution in [-0.4, -0.2) is 65.8 Å². The average molecular weight is 352 g/mol. The van der Waals surface area contributed by atoms with Gasteiger partial charge in [-0.05, 0) is 38.5 Å². The molecule has 1 amide bonds. The molecule has 25 heavy (non-hydrogen) atoms. The van der Waals surface area contributed by atoms with Crippen LogP contribution in [0.3, 0.4) is 0 Å². The number of aliphatic hydroxyl groups excluding tert-OH is 2. The van der Waals surface area contributed by atoms with E-state index < -0.39 is 11.7 Å². The van der Waals surface area contributed by atoms with Crippen LogP contribution in [0, 0.1) is 0 Å². The molecule has 0 radical (unpaired) electrons. The normalized spacial score (nSPS) is 19.4. The number of morpholine rings is 1. The highest BCUT2D eigenvalue weighted by Gasteiger charge is 2.28. The van der Waals surface area contributed by atoms with Crippen molar-refractivity contribution in [2.24, 2.45) is 0 Å². The molecule has 1 aromatic rings. The Bertz CT molecular complexity index is 556. The summed E-state index contributed by atoms with van der Waals surface area (Å²) in [4.78, 5) is 13.9. The van der Waals surface area contributed by atoms with E-state index in [1.807, 2.05) is 45.0 Å². The molecule has 0 saturated carbocycles. The highest BCUT2D eigenvalue weighted by atomic mass is 16.6. The summed E-state index contributed by atoms with van der Waals surface area (Å²) in [6, 6.07) is 7.62. The Kier molecular flexibility index (Phi) is 6.64. The van der Waals surface area contributed by atoms with Crippen molar-refractivity contribution in [3.05, 3.63) is 29.8 Å². The van der Waals surface area contributed by atoms with Gasteiger partial charge in [-0.15, -0.1) is 0 Å². The van der Waals surface area contributed by atoms with Crippen LogP contribution in [0.5, 0.6) is 0 Å². The second kappa shape index (κ2) is 8.51. The van der Waals surface area contributed by atoms with Crippen molar-refractivity contribution in [3.8, 4) is 0 Å². The number of nitrogens with one attached hydrogen (secondary N) is 1. The van der Waals surface area contributed by atoms with Crippen molar-refractivity contribution in [1.29, 1.82) is 0 Å². The van der Waals surface area contributed by atoms with Gasteiger partial charge in [-0.3, -0.25) is 0 Å². The van der Waals surface area contributed by atoms with Crippen LogP contribution in [0.1, 0.15) is 32.4 Å². The minimum atomic E-state index is -0.788. The fourth-order valence-corrected chi connectivity index (χ4v) is 2.46. The smallest absolute Gasteiger partial charge is 0.410 e. The van der Waals surface area contributed by atoms with Crippen LogP contribution >= 0.6 is 0 Å². The van der Waals surface area contributed by atoms with Crippen LogP contribution in [0.25, 0.3) is 0 Å². The van der Waals surface area contributed by atoms with Crippen LogP contribution in [0.4, 0.5) is 10.5 Å². The number of ether oxygens (including phenoxy) is 2. The zero-order valence-electron chi connectivity index (χ0n) is 15.1. The molecule has 140 valence electrons. The molecule has 7 heteroatoms. The molecule has 0 aromatic heterocycles. The van der Waals surface area contributed by atoms with E-state index in [0.717, 1.165) is 11.3 Å². The molecule has 2 rings (SSSR count). The molecular weight excluding hydrogens is 324 g/mol. The summed E-state index contributed by atoms with van der Waals surface area (Å²) < 4.78 is 11.2. The van der Waals surface area contributed by atoms with Gasteiger partial charge in [-0.1, -0.05) is 12.1 Å². The number of carbonyl (C=O) groups is 1. The third-order valence-corrected chi connectivity index (χ3v) is 3.75. The first-order valence-electron chi connectivity index (χ1n) is 8.51. The fraction of sp³-hybridized carbons (Fsp3) is 0.611. The van der Waals surface area contributed by atoms with Crippen molar-refractivity contribution in [2.75, 3.05) is 38.2 Å². The lowest BCUT2D eigenvalue weighted by Crippen LogP contribution is -2.44. The molecule has 0 bridgehead atoms. The van der Waals surface area contributed by atoms with E-state index in [4.69, 9.17) is 14.6 Å². The number of nitrogens with zero attached hydrogens (tertiary/aromatic N) is 1. The van der Waals surface area contributed by atoms with Gasteiger partial charge in [0.2, 0.25) is 0 Å². The predicted molar refractivity (Wildman–Crippen MR) is 94.5 cm³/mol. The first kappa shape index (κ1) is 19.5. The molecule has 2 atom stereocenters. The van der Waals surface area contributed by atoms with Gasteiger partial charge in [0.15, 0.2) is 0 Å². The first-order chi connectivity index (χ1) is 11.8. The second-order valence-electron chi connectivity index (χ2n) is 7.13. The monoisotopic (exact) mass is 352 g/mol. The molecule has 3 N–H and O–H groups in total. The number of aliphatic hydroxyl groups is 2. The lowest BCUT2D eigenvalue weighted by molar-refractivity contribution is -0.0432. The van der Waals surface area contributed by atoms with E-state index in [9.17, 15) is 9.90 Å². The topological polar surface area (TPSA) is 91.3 Å². The molecule has 1 aliphatic rings. The van der Waals surface area contributed by atoms with Gasteiger partial charge in [-0.2, -0.15) is 0 Å². The summed E-state index contributed by atoms with van der Waals surface area (Å²) in [5.74, 6) is 0. The van der Waals surface area contributed by atoms with Gasteiger partial charge in [0.05, 0.1) is 25.9 Å². The minimum Gasteiger partial charge on any atom is -0.444 e. The molecule has 2 unspecified atom stereocenters. The summed E-state index contributed by atoms with van der Waals surface area (Å²) in [7, 11) is 0. The van der Waals surface area contributed by atoms with Crippen molar-refractivity contribution < 1.29 is 24.5 Å². The maximum Gasteiger partial charge on any atom is 0.410 e. The number of anilines is 1. The van der Waals surface area contributed by atoms with Gasteiger partial charge in [0, 0.05) is 18.8 Å². The highest BCUT2D eigenvalue weighted by Crippen LogP contribution is 2.24. The van der Waals surface area contributed by atoms with Crippen LogP contribution in [0.2, 0.25) is 0 Å². The lowest BCUT2D eigenvalue weighted by Gasteiger charge is -2.34. The Morgan fingerprint density at radius 1 is 1.40 bits per heavy atom. The molecular formula is C18H28N2O5. The second-order valence-corrected chi connectivity index (χ2v) is 7.13. The largest absolute Gasteiger partial charge is 0.444 e. The Hall–Kier alpha value is -1.83. The van der Waals surface area contributed by atoms with Gasteiger partial charge >= 0.3 is 6.09 Å². The van der Waals surface area contributed by atoms with Crippen LogP contribution in [0.15, 0.2) is 24.3 Å². The summed E-state index contributed by atoms with van der Waals surface area (Å²) in [5.41, 5.74) is 1.30. The predicted octanol–water partition coefficient (Wildman–Crippen LogP) is 1.76. The van der Waals surface area contributed by atoms with Crippen LogP contribution < -0.4 is 5.32 Å². The van der Waals surface area contributed by atoms with E-state index in [1.165, 1.54) is 0 Å². The van der Waals surface area contributed by atoms with Crippen molar-refractivity contribution >= 4 is 11.8 Å². The summed E-state index contributed by atoms with van der Waals surface area (Å²) >= 11 is 0. The zero-order chi connectivity index (χ0) is 18.4. The van der Waals surface area contributed by atoms with Crippen molar-refractivity contribution in [2.45, 2.75) is 38.6 Å². The van der Waals surface area contributed by atoms with E-state index in [-0.39, 0.29) is 25.3 Å². The van der Waals surface area contributed by atoms with Crippen molar-refractivity contribution in [1.82, 2.24) is 4.90 Å². The van der Waals surface area contributed by atoms with E-state index >= 15 is 0 Å². The number of hydrogen-bond acceptors (Lipinski definition) is 6. The zero-order valence-corrected chi connectivity index (χ0v) is 15.1. The maximum absolute atomic E-state index is 12.2. The Morgan fingerprint density at radius 3 is 2.68 bits per heavy atom. The first-order valence-corrected chi connectivity index (χ1v) is 8.51. The third-order valence-electron chi connectivity index (χ3n) is 3.75. The van der Waals surface area contributed by atoms with E-state index in [1.54, 1.807) is 4.90 Å². The lowest BCUT2D eigenvalue weighted by atomic mass is 10.1. The van der Waals surface area contributed by atoms with Crippen molar-refractivity contribution in [3.63, 3.8) is 0 Å². The van der Waals surface area contributed by atoms with Gasteiger partial charge in [-0.25, -0.2) is 4.79 Å².